The summed E-state index contributed by atoms with van der Waals surface area (Å²) in [5.74, 6) is -0.731. The van der Waals surface area contributed by atoms with Gasteiger partial charge in [-0.2, -0.15) is 0 Å². The van der Waals surface area contributed by atoms with Gasteiger partial charge in [0.05, 0.1) is 0 Å². The SMILES string of the molecule is CC(CCN)N(C)CCc1cc(F)ccc1F. The maximum atomic E-state index is 13.4. The van der Waals surface area contributed by atoms with Gasteiger partial charge in [-0.3, -0.25) is 0 Å². The Kier molecular flexibility index (Phi) is 5.51. The zero-order valence-corrected chi connectivity index (χ0v) is 10.4. The van der Waals surface area contributed by atoms with Crippen molar-refractivity contribution in [3.8, 4) is 0 Å². The molecule has 0 aliphatic carbocycles. The summed E-state index contributed by atoms with van der Waals surface area (Å²) in [6.45, 7) is 3.41. The first-order chi connectivity index (χ1) is 8.04. The van der Waals surface area contributed by atoms with Crippen molar-refractivity contribution in [2.24, 2.45) is 5.73 Å². The Hall–Kier alpha value is -1.00. The molecule has 0 spiro atoms. The molecule has 2 N–H and O–H groups in total. The van der Waals surface area contributed by atoms with Crippen molar-refractivity contribution in [3.63, 3.8) is 0 Å². The van der Waals surface area contributed by atoms with E-state index in [1.807, 2.05) is 7.05 Å². The van der Waals surface area contributed by atoms with Gasteiger partial charge in [0.25, 0.3) is 0 Å². The van der Waals surface area contributed by atoms with Crippen molar-refractivity contribution in [2.75, 3.05) is 20.1 Å². The van der Waals surface area contributed by atoms with Crippen LogP contribution in [0.3, 0.4) is 0 Å². The molecule has 0 heterocycles. The lowest BCUT2D eigenvalue weighted by molar-refractivity contribution is 0.250. The third-order valence-corrected chi connectivity index (χ3v) is 3.08. The molecule has 0 aromatic heterocycles. The molecule has 0 bridgehead atoms. The van der Waals surface area contributed by atoms with E-state index in [9.17, 15) is 8.78 Å². The highest BCUT2D eigenvalue weighted by molar-refractivity contribution is 5.19. The van der Waals surface area contributed by atoms with Crippen molar-refractivity contribution in [3.05, 3.63) is 35.4 Å². The molecule has 0 saturated heterocycles. The molecule has 96 valence electrons. The Bertz CT molecular complexity index is 355. The van der Waals surface area contributed by atoms with Crippen LogP contribution in [-0.2, 0) is 6.42 Å². The van der Waals surface area contributed by atoms with E-state index in [-0.39, 0.29) is 11.6 Å². The number of likely N-dealkylation sites (N-methyl/N-ethyl adjacent to an activating group) is 1. The summed E-state index contributed by atoms with van der Waals surface area (Å²) in [6.07, 6.45) is 1.41. The minimum atomic E-state index is -0.390. The Morgan fingerprint density at radius 1 is 1.35 bits per heavy atom. The summed E-state index contributed by atoms with van der Waals surface area (Å²) < 4.78 is 26.3. The van der Waals surface area contributed by atoms with Crippen molar-refractivity contribution < 1.29 is 8.78 Å². The van der Waals surface area contributed by atoms with Gasteiger partial charge in [-0.25, -0.2) is 8.78 Å². The van der Waals surface area contributed by atoms with Gasteiger partial charge in [-0.15, -0.1) is 0 Å². The molecular formula is C13H20F2N2. The Labute approximate surface area is 101 Å². The fourth-order valence-electron chi connectivity index (χ4n) is 1.71. The van der Waals surface area contributed by atoms with Gasteiger partial charge in [0, 0.05) is 12.6 Å². The van der Waals surface area contributed by atoms with Crippen LogP contribution in [0.4, 0.5) is 8.78 Å². The molecule has 17 heavy (non-hydrogen) atoms. The zero-order valence-electron chi connectivity index (χ0n) is 10.4. The smallest absolute Gasteiger partial charge is 0.126 e. The molecule has 2 nitrogen and oxygen atoms in total. The molecule has 0 aliphatic heterocycles. The van der Waals surface area contributed by atoms with E-state index < -0.39 is 0 Å². The van der Waals surface area contributed by atoms with Crippen molar-refractivity contribution >= 4 is 0 Å². The number of hydrogen-bond acceptors (Lipinski definition) is 2. The number of benzene rings is 1. The number of hydrogen-bond donors (Lipinski definition) is 1. The standard InChI is InChI=1S/C13H20F2N2/c1-10(5-7-16)17(2)8-6-11-9-12(14)3-4-13(11)15/h3-4,9-10H,5-8,16H2,1-2H3. The van der Waals surface area contributed by atoms with Gasteiger partial charge in [0.15, 0.2) is 0 Å². The minimum Gasteiger partial charge on any atom is -0.330 e. The molecule has 4 heteroatoms. The normalized spacial score (nSPS) is 13.1. The van der Waals surface area contributed by atoms with Crippen LogP contribution in [-0.4, -0.2) is 31.1 Å². The maximum Gasteiger partial charge on any atom is 0.126 e. The lowest BCUT2D eigenvalue weighted by Crippen LogP contribution is -2.32. The summed E-state index contributed by atoms with van der Waals surface area (Å²) in [5.41, 5.74) is 5.91. The van der Waals surface area contributed by atoms with E-state index in [1.54, 1.807) is 0 Å². The number of nitrogens with two attached hydrogens (primary N) is 1. The first-order valence-corrected chi connectivity index (χ1v) is 5.89. The predicted molar refractivity (Wildman–Crippen MR) is 65.8 cm³/mol. The van der Waals surface area contributed by atoms with E-state index in [1.165, 1.54) is 12.1 Å². The van der Waals surface area contributed by atoms with Crippen LogP contribution in [0.15, 0.2) is 18.2 Å². The lowest BCUT2D eigenvalue weighted by atomic mass is 10.1. The molecular weight excluding hydrogens is 222 g/mol. The number of halogens is 2. The summed E-state index contributed by atoms with van der Waals surface area (Å²) >= 11 is 0. The third kappa shape index (κ3) is 4.40. The van der Waals surface area contributed by atoms with Crippen molar-refractivity contribution in [1.29, 1.82) is 0 Å². The average molecular weight is 242 g/mol. The van der Waals surface area contributed by atoms with Crippen LogP contribution in [0.25, 0.3) is 0 Å². The summed E-state index contributed by atoms with van der Waals surface area (Å²) in [7, 11) is 1.97. The fourth-order valence-corrected chi connectivity index (χ4v) is 1.71. The predicted octanol–water partition coefficient (Wildman–Crippen LogP) is 2.18. The van der Waals surface area contributed by atoms with Gasteiger partial charge in [0.2, 0.25) is 0 Å². The molecule has 0 saturated carbocycles. The molecule has 1 rings (SSSR count). The molecule has 1 aromatic carbocycles. The van der Waals surface area contributed by atoms with Crippen LogP contribution >= 0.6 is 0 Å². The monoisotopic (exact) mass is 242 g/mol. The Morgan fingerprint density at radius 3 is 2.71 bits per heavy atom. The number of rotatable bonds is 6. The van der Waals surface area contributed by atoms with E-state index >= 15 is 0 Å². The first kappa shape index (κ1) is 14.1. The highest BCUT2D eigenvalue weighted by Gasteiger charge is 2.10. The van der Waals surface area contributed by atoms with E-state index in [4.69, 9.17) is 5.73 Å². The largest absolute Gasteiger partial charge is 0.330 e. The van der Waals surface area contributed by atoms with Gasteiger partial charge < -0.3 is 10.6 Å². The zero-order chi connectivity index (χ0) is 12.8. The van der Waals surface area contributed by atoms with E-state index in [2.05, 4.69) is 11.8 Å². The second-order valence-corrected chi connectivity index (χ2v) is 4.39. The molecule has 0 aliphatic rings. The topological polar surface area (TPSA) is 29.3 Å². The van der Waals surface area contributed by atoms with E-state index in [0.29, 0.717) is 31.1 Å². The fraction of sp³-hybridized carbons (Fsp3) is 0.538. The highest BCUT2D eigenvalue weighted by atomic mass is 19.1. The molecule has 1 unspecified atom stereocenters. The van der Waals surface area contributed by atoms with Crippen molar-refractivity contribution in [1.82, 2.24) is 4.90 Å². The molecule has 0 amide bonds. The Morgan fingerprint density at radius 2 is 2.06 bits per heavy atom. The van der Waals surface area contributed by atoms with Crippen LogP contribution in [0, 0.1) is 11.6 Å². The van der Waals surface area contributed by atoms with Crippen LogP contribution < -0.4 is 5.73 Å². The van der Waals surface area contributed by atoms with Gasteiger partial charge in [-0.05, 0) is 57.1 Å². The molecule has 1 atom stereocenters. The minimum absolute atomic E-state index is 0.341. The molecule has 1 aromatic rings. The first-order valence-electron chi connectivity index (χ1n) is 5.89. The van der Waals surface area contributed by atoms with Crippen LogP contribution in [0.2, 0.25) is 0 Å². The summed E-state index contributed by atoms with van der Waals surface area (Å²) in [6, 6.07) is 3.93. The molecule has 0 radical (unpaired) electrons. The quantitative estimate of drug-likeness (QED) is 0.828. The second-order valence-electron chi connectivity index (χ2n) is 4.39. The third-order valence-electron chi connectivity index (χ3n) is 3.08. The lowest BCUT2D eigenvalue weighted by Gasteiger charge is -2.24. The van der Waals surface area contributed by atoms with Gasteiger partial charge >= 0.3 is 0 Å². The highest BCUT2D eigenvalue weighted by Crippen LogP contribution is 2.11. The van der Waals surface area contributed by atoms with E-state index in [0.717, 1.165) is 12.5 Å². The Balaban J connectivity index is 2.52. The second kappa shape index (κ2) is 6.67. The summed E-state index contributed by atoms with van der Waals surface area (Å²) in [5, 5.41) is 0. The van der Waals surface area contributed by atoms with Gasteiger partial charge in [-0.1, -0.05) is 0 Å². The van der Waals surface area contributed by atoms with Crippen LogP contribution in [0.1, 0.15) is 18.9 Å². The van der Waals surface area contributed by atoms with Gasteiger partial charge in [0.1, 0.15) is 11.6 Å². The van der Waals surface area contributed by atoms with Crippen molar-refractivity contribution in [2.45, 2.75) is 25.8 Å². The molecule has 0 fully saturated rings. The maximum absolute atomic E-state index is 13.4. The average Bonchev–Trinajstić information content (AvgIpc) is 2.30. The van der Waals surface area contributed by atoms with Crippen LogP contribution in [0.5, 0.6) is 0 Å². The number of nitrogens with zero attached hydrogens (tertiary/aromatic N) is 1. The summed E-state index contributed by atoms with van der Waals surface area (Å²) in [4.78, 5) is 2.11.